The van der Waals surface area contributed by atoms with E-state index in [-0.39, 0.29) is 24.5 Å². The smallest absolute Gasteiger partial charge is 0.220 e. The summed E-state index contributed by atoms with van der Waals surface area (Å²) in [4.78, 5) is 24.2. The summed E-state index contributed by atoms with van der Waals surface area (Å²) in [5.41, 5.74) is 0.568. The molecule has 1 N–H and O–H groups in total. The molecule has 1 aliphatic carbocycles. The number of Topliss-reactive ketones (excluding diaryl/α,β-unsaturated/α-hetero) is 1. The molecule has 136 valence electrons. The fourth-order valence-electron chi connectivity index (χ4n) is 3.59. The maximum Gasteiger partial charge on any atom is 0.220 e. The Morgan fingerprint density at radius 3 is 2.60 bits per heavy atom. The topological polar surface area (TPSA) is 64.6 Å². The minimum atomic E-state index is -0.0442. The van der Waals surface area contributed by atoms with Crippen LogP contribution in [-0.2, 0) is 4.79 Å². The normalized spacial score (nSPS) is 16.6. The first-order chi connectivity index (χ1) is 12.2. The van der Waals surface area contributed by atoms with Crippen LogP contribution in [0.25, 0.3) is 0 Å². The molecule has 1 aliphatic heterocycles. The van der Waals surface area contributed by atoms with Crippen LogP contribution in [0.5, 0.6) is 11.5 Å². The van der Waals surface area contributed by atoms with Crippen molar-refractivity contribution >= 4 is 11.7 Å². The Morgan fingerprint density at radius 1 is 1.04 bits per heavy atom. The molecule has 0 unspecified atom stereocenters. The number of ether oxygens (including phenoxy) is 2. The molecular weight excluding hydrogens is 318 g/mol. The average Bonchev–Trinajstić information content (AvgIpc) is 3.16. The summed E-state index contributed by atoms with van der Waals surface area (Å²) in [6.07, 6.45) is 8.10. The molecule has 5 heteroatoms. The molecule has 0 atom stereocenters. The van der Waals surface area contributed by atoms with Crippen molar-refractivity contribution in [1.82, 2.24) is 5.32 Å². The van der Waals surface area contributed by atoms with E-state index in [1.165, 1.54) is 32.1 Å². The highest BCUT2D eigenvalue weighted by Gasteiger charge is 2.16. The minimum Gasteiger partial charge on any atom is -0.486 e. The monoisotopic (exact) mass is 345 g/mol. The second-order valence-electron chi connectivity index (χ2n) is 6.92. The SMILES string of the molecule is O=C(CCC(=O)c1ccc2c(c1)OCCO2)NCCCC1CCCC1. The van der Waals surface area contributed by atoms with Crippen LogP contribution in [-0.4, -0.2) is 31.4 Å². The van der Waals surface area contributed by atoms with E-state index in [4.69, 9.17) is 9.47 Å². The van der Waals surface area contributed by atoms with Crippen molar-refractivity contribution in [3.63, 3.8) is 0 Å². The highest BCUT2D eigenvalue weighted by atomic mass is 16.6. The highest BCUT2D eigenvalue weighted by Crippen LogP contribution is 2.31. The fourth-order valence-corrected chi connectivity index (χ4v) is 3.59. The summed E-state index contributed by atoms with van der Waals surface area (Å²) >= 11 is 0. The van der Waals surface area contributed by atoms with Crippen LogP contribution in [0, 0.1) is 5.92 Å². The van der Waals surface area contributed by atoms with Crippen molar-refractivity contribution in [2.24, 2.45) is 5.92 Å². The molecule has 2 aliphatic rings. The second-order valence-corrected chi connectivity index (χ2v) is 6.92. The summed E-state index contributed by atoms with van der Waals surface area (Å²) in [5.74, 6) is 2.04. The van der Waals surface area contributed by atoms with Gasteiger partial charge < -0.3 is 14.8 Å². The zero-order valence-corrected chi connectivity index (χ0v) is 14.7. The number of fused-ring (bicyclic) bond motifs is 1. The molecule has 25 heavy (non-hydrogen) atoms. The molecule has 5 nitrogen and oxygen atoms in total. The Hall–Kier alpha value is -2.04. The molecule has 0 saturated heterocycles. The number of carbonyl (C=O) groups excluding carboxylic acids is 2. The Morgan fingerprint density at radius 2 is 1.80 bits per heavy atom. The van der Waals surface area contributed by atoms with E-state index < -0.39 is 0 Å². The lowest BCUT2D eigenvalue weighted by Gasteiger charge is -2.18. The van der Waals surface area contributed by atoms with E-state index in [0.717, 1.165) is 12.3 Å². The van der Waals surface area contributed by atoms with Crippen molar-refractivity contribution in [3.8, 4) is 11.5 Å². The molecule has 0 radical (unpaired) electrons. The van der Waals surface area contributed by atoms with Gasteiger partial charge in [-0.05, 0) is 37.0 Å². The predicted molar refractivity (Wildman–Crippen MR) is 95.2 cm³/mol. The molecule has 0 spiro atoms. The summed E-state index contributed by atoms with van der Waals surface area (Å²) in [6, 6.07) is 5.19. The van der Waals surface area contributed by atoms with E-state index in [2.05, 4.69) is 5.32 Å². The van der Waals surface area contributed by atoms with E-state index in [1.807, 2.05) is 0 Å². The maximum atomic E-state index is 12.3. The Bertz CT molecular complexity index is 608. The lowest BCUT2D eigenvalue weighted by atomic mass is 10.0. The van der Waals surface area contributed by atoms with Gasteiger partial charge >= 0.3 is 0 Å². The number of benzene rings is 1. The van der Waals surface area contributed by atoms with Gasteiger partial charge in [-0.3, -0.25) is 9.59 Å². The van der Waals surface area contributed by atoms with Crippen LogP contribution in [0.15, 0.2) is 18.2 Å². The van der Waals surface area contributed by atoms with E-state index >= 15 is 0 Å². The lowest BCUT2D eigenvalue weighted by Crippen LogP contribution is -2.25. The van der Waals surface area contributed by atoms with Gasteiger partial charge in [-0.1, -0.05) is 25.7 Å². The number of rotatable bonds is 8. The largest absolute Gasteiger partial charge is 0.486 e. The number of nitrogens with one attached hydrogen (secondary N) is 1. The Balaban J connectivity index is 1.36. The predicted octanol–water partition coefficient (Wildman–Crippen LogP) is 3.51. The zero-order valence-electron chi connectivity index (χ0n) is 14.7. The van der Waals surface area contributed by atoms with Gasteiger partial charge in [0.05, 0.1) is 0 Å². The first-order valence-electron chi connectivity index (χ1n) is 9.42. The standard InChI is InChI=1S/C20H27NO4/c22-17(16-7-9-18-19(14-16)25-13-12-24-18)8-10-20(23)21-11-3-6-15-4-1-2-5-15/h7,9,14-15H,1-6,8,10-13H2,(H,21,23). The quantitative estimate of drug-likeness (QED) is 0.578. The van der Waals surface area contributed by atoms with Crippen molar-refractivity contribution in [1.29, 1.82) is 0 Å². The van der Waals surface area contributed by atoms with Crippen molar-refractivity contribution in [2.45, 2.75) is 51.4 Å². The van der Waals surface area contributed by atoms with E-state index in [0.29, 0.717) is 36.8 Å². The average molecular weight is 345 g/mol. The third-order valence-corrected chi connectivity index (χ3v) is 5.03. The first-order valence-corrected chi connectivity index (χ1v) is 9.42. The van der Waals surface area contributed by atoms with Crippen molar-refractivity contribution < 1.29 is 19.1 Å². The zero-order chi connectivity index (χ0) is 17.5. The molecule has 0 bridgehead atoms. The first kappa shape index (κ1) is 17.8. The van der Waals surface area contributed by atoms with Gasteiger partial charge in [0.15, 0.2) is 17.3 Å². The van der Waals surface area contributed by atoms with E-state index in [9.17, 15) is 9.59 Å². The summed E-state index contributed by atoms with van der Waals surface area (Å²) in [6.45, 7) is 1.74. The third-order valence-electron chi connectivity index (χ3n) is 5.03. The summed E-state index contributed by atoms with van der Waals surface area (Å²) in [7, 11) is 0. The lowest BCUT2D eigenvalue weighted by molar-refractivity contribution is -0.121. The van der Waals surface area contributed by atoms with Gasteiger partial charge in [-0.25, -0.2) is 0 Å². The van der Waals surface area contributed by atoms with Crippen molar-refractivity contribution in [2.75, 3.05) is 19.8 Å². The fraction of sp³-hybridized carbons (Fsp3) is 0.600. The molecule has 1 aromatic carbocycles. The molecule has 0 aromatic heterocycles. The van der Waals surface area contributed by atoms with Crippen LogP contribution in [0.1, 0.15) is 61.7 Å². The van der Waals surface area contributed by atoms with Crippen LogP contribution >= 0.6 is 0 Å². The molecule has 1 amide bonds. The molecule has 1 heterocycles. The Kier molecular flexibility index (Phi) is 6.31. The van der Waals surface area contributed by atoms with Gasteiger partial charge in [0.1, 0.15) is 13.2 Å². The molecule has 1 fully saturated rings. The van der Waals surface area contributed by atoms with Crippen LogP contribution in [0.2, 0.25) is 0 Å². The third kappa shape index (κ3) is 5.21. The molecule has 1 saturated carbocycles. The van der Waals surface area contributed by atoms with Gasteiger partial charge in [0.25, 0.3) is 0 Å². The summed E-state index contributed by atoms with van der Waals surface area (Å²) < 4.78 is 10.9. The Labute approximate surface area is 149 Å². The maximum absolute atomic E-state index is 12.3. The van der Waals surface area contributed by atoms with Crippen LogP contribution in [0.3, 0.4) is 0 Å². The van der Waals surface area contributed by atoms with Crippen LogP contribution in [0.4, 0.5) is 0 Å². The van der Waals surface area contributed by atoms with Crippen molar-refractivity contribution in [3.05, 3.63) is 23.8 Å². The van der Waals surface area contributed by atoms with Crippen LogP contribution < -0.4 is 14.8 Å². The molecular formula is C20H27NO4. The van der Waals surface area contributed by atoms with Gasteiger partial charge in [0, 0.05) is 24.9 Å². The van der Waals surface area contributed by atoms with E-state index in [1.54, 1.807) is 18.2 Å². The second kappa shape index (κ2) is 8.88. The molecule has 3 rings (SSSR count). The highest BCUT2D eigenvalue weighted by molar-refractivity contribution is 5.98. The number of ketones is 1. The minimum absolute atomic E-state index is 0.0434. The van der Waals surface area contributed by atoms with Gasteiger partial charge in [-0.15, -0.1) is 0 Å². The number of hydrogen-bond acceptors (Lipinski definition) is 4. The number of carbonyl (C=O) groups is 2. The number of hydrogen-bond donors (Lipinski definition) is 1. The number of amides is 1. The van der Waals surface area contributed by atoms with Gasteiger partial charge in [0.2, 0.25) is 5.91 Å². The summed E-state index contributed by atoms with van der Waals surface area (Å²) in [5, 5.41) is 2.93. The molecule has 1 aromatic rings. The van der Waals surface area contributed by atoms with Gasteiger partial charge in [-0.2, -0.15) is 0 Å².